The first-order valence-electron chi connectivity index (χ1n) is 10.4. The molecule has 0 saturated heterocycles. The first-order chi connectivity index (χ1) is 11.1. The molecule has 3 aliphatic rings. The molecular weight excluding hydrogens is 290 g/mol. The Morgan fingerprint density at radius 2 is 1.26 bits per heavy atom. The minimum Gasteiger partial charge on any atom is -0.244 e. The van der Waals surface area contributed by atoms with Crippen molar-refractivity contribution in [2.75, 3.05) is 0 Å². The van der Waals surface area contributed by atoms with Crippen molar-refractivity contribution < 1.29 is 8.78 Å². The quantitative estimate of drug-likeness (QED) is 0.528. The summed E-state index contributed by atoms with van der Waals surface area (Å²) in [7, 11) is 0. The molecule has 3 fully saturated rings. The molecule has 0 heterocycles. The summed E-state index contributed by atoms with van der Waals surface area (Å²) in [4.78, 5) is 0. The van der Waals surface area contributed by atoms with E-state index < -0.39 is 12.3 Å². The van der Waals surface area contributed by atoms with Gasteiger partial charge in [0.05, 0.1) is 0 Å². The number of hydrogen-bond donors (Lipinski definition) is 0. The summed E-state index contributed by atoms with van der Waals surface area (Å²) in [6, 6.07) is 0. The molecule has 3 saturated carbocycles. The van der Waals surface area contributed by atoms with E-state index in [-0.39, 0.29) is 11.8 Å². The van der Waals surface area contributed by atoms with E-state index in [0.717, 1.165) is 37.5 Å². The van der Waals surface area contributed by atoms with Gasteiger partial charge in [-0.05, 0) is 55.3 Å². The smallest absolute Gasteiger partial charge is 0.134 e. The van der Waals surface area contributed by atoms with E-state index in [1.54, 1.807) is 0 Å². The standard InChI is InChI=1S/C21H36F2/c1-15-7-14-19(21(23)20(15)22)18-12-10-17(11-13-18)9-8-16-5-3-2-4-6-16/h15-21H,2-14H2,1H3. The largest absolute Gasteiger partial charge is 0.244 e. The second kappa shape index (κ2) is 8.30. The molecule has 3 aliphatic carbocycles. The number of rotatable bonds is 4. The summed E-state index contributed by atoms with van der Waals surface area (Å²) < 4.78 is 28.4. The zero-order chi connectivity index (χ0) is 16.2. The van der Waals surface area contributed by atoms with Gasteiger partial charge in [0.25, 0.3) is 0 Å². The lowest BCUT2D eigenvalue weighted by atomic mass is 9.67. The van der Waals surface area contributed by atoms with E-state index in [1.807, 2.05) is 6.92 Å². The molecule has 0 N–H and O–H groups in total. The minimum absolute atomic E-state index is 0.0143. The lowest BCUT2D eigenvalue weighted by Crippen LogP contribution is -2.41. The molecule has 0 aromatic carbocycles. The van der Waals surface area contributed by atoms with Gasteiger partial charge in [0.15, 0.2) is 0 Å². The van der Waals surface area contributed by atoms with Gasteiger partial charge < -0.3 is 0 Å². The van der Waals surface area contributed by atoms with Gasteiger partial charge in [-0.15, -0.1) is 0 Å². The Morgan fingerprint density at radius 1 is 0.652 bits per heavy atom. The third-order valence-corrected chi connectivity index (χ3v) is 7.42. The zero-order valence-electron chi connectivity index (χ0n) is 15.0. The topological polar surface area (TPSA) is 0 Å². The first kappa shape index (κ1) is 17.7. The molecular formula is C21H36F2. The Balaban J connectivity index is 1.39. The summed E-state index contributed by atoms with van der Waals surface area (Å²) in [5.41, 5.74) is 0. The molecule has 0 nitrogen and oxygen atoms in total. The summed E-state index contributed by atoms with van der Waals surface area (Å²) in [6.45, 7) is 1.87. The van der Waals surface area contributed by atoms with Crippen LogP contribution in [0.3, 0.4) is 0 Å². The van der Waals surface area contributed by atoms with E-state index in [1.165, 1.54) is 57.8 Å². The summed E-state index contributed by atoms with van der Waals surface area (Å²) in [5.74, 6) is 2.26. The van der Waals surface area contributed by atoms with Crippen LogP contribution in [0.5, 0.6) is 0 Å². The van der Waals surface area contributed by atoms with E-state index in [9.17, 15) is 8.78 Å². The number of halogens is 2. The van der Waals surface area contributed by atoms with E-state index in [2.05, 4.69) is 0 Å². The van der Waals surface area contributed by atoms with Crippen molar-refractivity contribution >= 4 is 0 Å². The highest BCUT2D eigenvalue weighted by molar-refractivity contribution is 4.91. The fourth-order valence-corrected chi connectivity index (χ4v) is 5.67. The Kier molecular flexibility index (Phi) is 6.38. The monoisotopic (exact) mass is 326 g/mol. The van der Waals surface area contributed by atoms with Crippen molar-refractivity contribution in [2.45, 2.75) is 103 Å². The second-order valence-electron chi connectivity index (χ2n) is 8.97. The predicted octanol–water partition coefficient (Wildman–Crippen LogP) is 6.88. The molecule has 0 aliphatic heterocycles. The van der Waals surface area contributed by atoms with Gasteiger partial charge in [-0.25, -0.2) is 8.78 Å². The lowest BCUT2D eigenvalue weighted by molar-refractivity contribution is -0.00686. The van der Waals surface area contributed by atoms with Gasteiger partial charge in [-0.1, -0.05) is 64.7 Å². The molecule has 134 valence electrons. The highest BCUT2D eigenvalue weighted by Gasteiger charge is 2.42. The third-order valence-electron chi connectivity index (χ3n) is 7.42. The van der Waals surface area contributed by atoms with Gasteiger partial charge in [-0.3, -0.25) is 0 Å². The SMILES string of the molecule is CC1CCC(C2CCC(CCC3CCCCC3)CC2)C(F)C1F. The van der Waals surface area contributed by atoms with Crippen molar-refractivity contribution in [3.8, 4) is 0 Å². The number of alkyl halides is 2. The molecule has 2 heteroatoms. The lowest BCUT2D eigenvalue weighted by Gasteiger charge is -2.40. The van der Waals surface area contributed by atoms with Crippen molar-refractivity contribution in [1.29, 1.82) is 0 Å². The highest BCUT2D eigenvalue weighted by Crippen LogP contribution is 2.44. The maximum absolute atomic E-state index is 14.4. The van der Waals surface area contributed by atoms with Crippen LogP contribution in [0.1, 0.15) is 90.4 Å². The summed E-state index contributed by atoms with van der Waals surface area (Å²) in [5, 5.41) is 0. The Morgan fingerprint density at radius 3 is 1.91 bits per heavy atom. The third kappa shape index (κ3) is 4.48. The van der Waals surface area contributed by atoms with Crippen molar-refractivity contribution in [2.24, 2.45) is 29.6 Å². The van der Waals surface area contributed by atoms with Gasteiger partial charge in [0.1, 0.15) is 12.3 Å². The molecule has 0 aromatic rings. The molecule has 3 rings (SSSR count). The maximum Gasteiger partial charge on any atom is 0.134 e. The van der Waals surface area contributed by atoms with Gasteiger partial charge in [-0.2, -0.15) is 0 Å². The number of hydrogen-bond acceptors (Lipinski definition) is 0. The first-order valence-corrected chi connectivity index (χ1v) is 10.4. The molecule has 0 aromatic heterocycles. The summed E-state index contributed by atoms with van der Waals surface area (Å²) in [6.07, 6.45) is 14.3. The minimum atomic E-state index is -1.21. The maximum atomic E-state index is 14.4. The Labute approximate surface area is 141 Å². The van der Waals surface area contributed by atoms with Crippen LogP contribution in [0.2, 0.25) is 0 Å². The predicted molar refractivity (Wildman–Crippen MR) is 92.9 cm³/mol. The molecule has 0 spiro atoms. The van der Waals surface area contributed by atoms with Crippen LogP contribution in [0.25, 0.3) is 0 Å². The average Bonchev–Trinajstić information content (AvgIpc) is 2.60. The van der Waals surface area contributed by atoms with Crippen LogP contribution in [-0.2, 0) is 0 Å². The highest BCUT2D eigenvalue weighted by atomic mass is 19.2. The average molecular weight is 327 g/mol. The van der Waals surface area contributed by atoms with Gasteiger partial charge in [0.2, 0.25) is 0 Å². The van der Waals surface area contributed by atoms with Crippen LogP contribution < -0.4 is 0 Å². The molecule has 23 heavy (non-hydrogen) atoms. The van der Waals surface area contributed by atoms with Crippen LogP contribution >= 0.6 is 0 Å². The van der Waals surface area contributed by atoms with Crippen LogP contribution in [0, 0.1) is 29.6 Å². The van der Waals surface area contributed by atoms with E-state index in [0.29, 0.717) is 5.92 Å². The van der Waals surface area contributed by atoms with Crippen LogP contribution in [0.4, 0.5) is 8.78 Å². The molecule has 0 amide bonds. The fraction of sp³-hybridized carbons (Fsp3) is 1.00. The van der Waals surface area contributed by atoms with Crippen LogP contribution in [-0.4, -0.2) is 12.3 Å². The molecule has 4 atom stereocenters. The molecule has 0 radical (unpaired) electrons. The van der Waals surface area contributed by atoms with Gasteiger partial charge in [0, 0.05) is 0 Å². The van der Waals surface area contributed by atoms with Crippen molar-refractivity contribution in [3.63, 3.8) is 0 Å². The zero-order valence-corrected chi connectivity index (χ0v) is 15.0. The molecule has 4 unspecified atom stereocenters. The Bertz CT molecular complexity index is 342. The van der Waals surface area contributed by atoms with Crippen LogP contribution in [0.15, 0.2) is 0 Å². The summed E-state index contributed by atoms with van der Waals surface area (Å²) >= 11 is 0. The van der Waals surface area contributed by atoms with Crippen molar-refractivity contribution in [1.82, 2.24) is 0 Å². The van der Waals surface area contributed by atoms with E-state index in [4.69, 9.17) is 0 Å². The Hall–Kier alpha value is -0.140. The van der Waals surface area contributed by atoms with E-state index >= 15 is 0 Å². The van der Waals surface area contributed by atoms with Crippen molar-refractivity contribution in [3.05, 3.63) is 0 Å². The molecule has 0 bridgehead atoms. The second-order valence-corrected chi connectivity index (χ2v) is 8.97. The van der Waals surface area contributed by atoms with Gasteiger partial charge >= 0.3 is 0 Å². The normalized spacial score (nSPS) is 43.4. The fourth-order valence-electron chi connectivity index (χ4n) is 5.67.